The van der Waals surface area contributed by atoms with Crippen LogP contribution in [0.3, 0.4) is 0 Å². The topological polar surface area (TPSA) is 71.1 Å². The lowest BCUT2D eigenvalue weighted by Gasteiger charge is -2.11. The Morgan fingerprint density at radius 3 is 2.65 bits per heavy atom. The van der Waals surface area contributed by atoms with Gasteiger partial charge in [-0.15, -0.1) is 0 Å². The van der Waals surface area contributed by atoms with Gasteiger partial charge >= 0.3 is 0 Å². The number of anilines is 1. The van der Waals surface area contributed by atoms with Crippen LogP contribution in [0.15, 0.2) is 16.9 Å². The summed E-state index contributed by atoms with van der Waals surface area (Å²) in [5, 5.41) is 0. The van der Waals surface area contributed by atoms with E-state index in [4.69, 9.17) is 0 Å². The number of hydrogen-bond acceptors (Lipinski definition) is 3. The van der Waals surface area contributed by atoms with Crippen molar-refractivity contribution in [3.05, 3.63) is 22.4 Å². The van der Waals surface area contributed by atoms with E-state index in [1.807, 2.05) is 20.8 Å². The van der Waals surface area contributed by atoms with Gasteiger partial charge in [0.05, 0.1) is 11.9 Å². The standard InChI is InChI=1S/C10H16BrN3O2S/c1-7(2)5-13-17(15,16)14-9-4-8(3)10(11)12-6-9/h4,6-7,13-14H,5H2,1-3H3. The van der Waals surface area contributed by atoms with Crippen LogP contribution in [0.25, 0.3) is 0 Å². The number of hydrogen-bond donors (Lipinski definition) is 2. The summed E-state index contributed by atoms with van der Waals surface area (Å²) < 4.78 is 28.9. The number of rotatable bonds is 5. The summed E-state index contributed by atoms with van der Waals surface area (Å²) in [5.41, 5.74) is 1.32. The Labute approximate surface area is 110 Å². The average Bonchev–Trinajstić information content (AvgIpc) is 2.21. The van der Waals surface area contributed by atoms with Crippen LogP contribution in [-0.2, 0) is 10.2 Å². The second kappa shape index (κ2) is 5.79. The molecular weight excluding hydrogens is 306 g/mol. The number of pyridine rings is 1. The van der Waals surface area contributed by atoms with Crippen molar-refractivity contribution in [2.45, 2.75) is 20.8 Å². The quantitative estimate of drug-likeness (QED) is 0.815. The van der Waals surface area contributed by atoms with Gasteiger partial charge in [0.2, 0.25) is 0 Å². The minimum Gasteiger partial charge on any atom is -0.270 e. The molecule has 0 aliphatic carbocycles. The summed E-state index contributed by atoms with van der Waals surface area (Å²) >= 11 is 3.25. The second-order valence-electron chi connectivity index (χ2n) is 4.18. The number of nitrogens with one attached hydrogen (secondary N) is 2. The Balaban J connectivity index is 2.73. The number of nitrogens with zero attached hydrogens (tertiary/aromatic N) is 1. The average molecular weight is 322 g/mol. The molecule has 0 fully saturated rings. The minimum absolute atomic E-state index is 0.261. The molecule has 1 aromatic rings. The highest BCUT2D eigenvalue weighted by Gasteiger charge is 2.10. The van der Waals surface area contributed by atoms with Crippen LogP contribution in [0.1, 0.15) is 19.4 Å². The van der Waals surface area contributed by atoms with E-state index in [1.54, 1.807) is 6.07 Å². The fourth-order valence-electron chi connectivity index (χ4n) is 1.08. The van der Waals surface area contributed by atoms with Crippen LogP contribution >= 0.6 is 15.9 Å². The fourth-order valence-corrected chi connectivity index (χ4v) is 2.35. The molecule has 17 heavy (non-hydrogen) atoms. The van der Waals surface area contributed by atoms with Gasteiger partial charge in [-0.3, -0.25) is 4.72 Å². The predicted molar refractivity (Wildman–Crippen MR) is 72.1 cm³/mol. The maximum atomic E-state index is 11.6. The van der Waals surface area contributed by atoms with Crippen LogP contribution in [0.2, 0.25) is 0 Å². The summed E-state index contributed by atoms with van der Waals surface area (Å²) in [4.78, 5) is 4.02. The van der Waals surface area contributed by atoms with Gasteiger partial charge in [-0.05, 0) is 40.4 Å². The van der Waals surface area contributed by atoms with Crippen LogP contribution < -0.4 is 9.44 Å². The molecule has 7 heteroatoms. The molecule has 96 valence electrons. The Bertz CT molecular complexity index is 488. The molecular formula is C10H16BrN3O2S. The van der Waals surface area contributed by atoms with E-state index in [1.165, 1.54) is 6.20 Å². The van der Waals surface area contributed by atoms with Gasteiger partial charge in [-0.1, -0.05) is 13.8 Å². The minimum atomic E-state index is -3.51. The molecule has 0 saturated carbocycles. The molecule has 0 spiro atoms. The summed E-state index contributed by atoms with van der Waals surface area (Å²) in [7, 11) is -3.51. The first-order valence-corrected chi connectivity index (χ1v) is 7.47. The zero-order valence-electron chi connectivity index (χ0n) is 9.99. The highest BCUT2D eigenvalue weighted by atomic mass is 79.9. The first-order valence-electron chi connectivity index (χ1n) is 5.19. The largest absolute Gasteiger partial charge is 0.299 e. The molecule has 0 aliphatic rings. The maximum Gasteiger partial charge on any atom is 0.299 e. The molecule has 5 nitrogen and oxygen atoms in total. The van der Waals surface area contributed by atoms with Crippen LogP contribution in [-0.4, -0.2) is 19.9 Å². The van der Waals surface area contributed by atoms with Crippen molar-refractivity contribution in [1.29, 1.82) is 0 Å². The number of halogens is 1. The van der Waals surface area contributed by atoms with E-state index in [-0.39, 0.29) is 5.92 Å². The third kappa shape index (κ3) is 5.01. The molecule has 0 saturated heterocycles. The number of aromatic nitrogens is 1. The van der Waals surface area contributed by atoms with Crippen molar-refractivity contribution in [3.63, 3.8) is 0 Å². The highest BCUT2D eigenvalue weighted by Crippen LogP contribution is 2.17. The molecule has 0 radical (unpaired) electrons. The van der Waals surface area contributed by atoms with Crippen molar-refractivity contribution in [2.75, 3.05) is 11.3 Å². The summed E-state index contributed by atoms with van der Waals surface area (Å²) in [6.07, 6.45) is 1.46. The van der Waals surface area contributed by atoms with Gasteiger partial charge in [-0.25, -0.2) is 4.98 Å². The molecule has 0 amide bonds. The van der Waals surface area contributed by atoms with E-state index >= 15 is 0 Å². The first-order chi connectivity index (χ1) is 7.80. The van der Waals surface area contributed by atoms with Gasteiger partial charge < -0.3 is 0 Å². The molecule has 0 aliphatic heterocycles. The Kier molecular flexibility index (Phi) is 4.91. The highest BCUT2D eigenvalue weighted by molar-refractivity contribution is 9.10. The third-order valence-corrected chi connectivity index (χ3v) is 3.83. The van der Waals surface area contributed by atoms with Crippen molar-refractivity contribution in [2.24, 2.45) is 5.92 Å². The van der Waals surface area contributed by atoms with Crippen LogP contribution in [0, 0.1) is 12.8 Å². The van der Waals surface area contributed by atoms with Gasteiger partial charge in [0, 0.05) is 6.54 Å². The van der Waals surface area contributed by atoms with Gasteiger partial charge in [0.25, 0.3) is 10.2 Å². The molecule has 1 heterocycles. The van der Waals surface area contributed by atoms with E-state index in [0.717, 1.165) is 5.56 Å². The summed E-state index contributed by atoms with van der Waals surface area (Å²) in [5.74, 6) is 0.261. The maximum absolute atomic E-state index is 11.6. The lowest BCUT2D eigenvalue weighted by molar-refractivity contribution is 0.565. The normalized spacial score (nSPS) is 11.8. The lowest BCUT2D eigenvalue weighted by Crippen LogP contribution is -2.32. The van der Waals surface area contributed by atoms with Crippen LogP contribution in [0.4, 0.5) is 5.69 Å². The zero-order chi connectivity index (χ0) is 13.1. The van der Waals surface area contributed by atoms with E-state index in [0.29, 0.717) is 16.8 Å². The van der Waals surface area contributed by atoms with Crippen molar-refractivity contribution in [3.8, 4) is 0 Å². The van der Waals surface area contributed by atoms with E-state index in [9.17, 15) is 8.42 Å². The SMILES string of the molecule is Cc1cc(NS(=O)(=O)NCC(C)C)cnc1Br. The van der Waals surface area contributed by atoms with Crippen LogP contribution in [0.5, 0.6) is 0 Å². The monoisotopic (exact) mass is 321 g/mol. The first kappa shape index (κ1) is 14.4. The second-order valence-corrected chi connectivity index (χ2v) is 6.43. The van der Waals surface area contributed by atoms with Crippen molar-refractivity contribution in [1.82, 2.24) is 9.71 Å². The lowest BCUT2D eigenvalue weighted by atomic mass is 10.2. The summed E-state index contributed by atoms with van der Waals surface area (Å²) in [6, 6.07) is 1.71. The van der Waals surface area contributed by atoms with Gasteiger partial charge in [0.15, 0.2) is 0 Å². The molecule has 0 unspecified atom stereocenters. The Morgan fingerprint density at radius 1 is 1.47 bits per heavy atom. The summed E-state index contributed by atoms with van der Waals surface area (Å²) in [6.45, 7) is 6.12. The van der Waals surface area contributed by atoms with E-state index < -0.39 is 10.2 Å². The fraction of sp³-hybridized carbons (Fsp3) is 0.500. The molecule has 2 N–H and O–H groups in total. The molecule has 1 rings (SSSR count). The van der Waals surface area contributed by atoms with Crippen molar-refractivity contribution < 1.29 is 8.42 Å². The van der Waals surface area contributed by atoms with Crippen molar-refractivity contribution >= 4 is 31.8 Å². The molecule has 0 aromatic carbocycles. The molecule has 0 atom stereocenters. The van der Waals surface area contributed by atoms with Gasteiger partial charge in [0.1, 0.15) is 4.60 Å². The smallest absolute Gasteiger partial charge is 0.270 e. The van der Waals surface area contributed by atoms with Gasteiger partial charge in [-0.2, -0.15) is 13.1 Å². The zero-order valence-corrected chi connectivity index (χ0v) is 12.4. The Morgan fingerprint density at radius 2 is 2.12 bits per heavy atom. The Hall–Kier alpha value is -0.660. The third-order valence-electron chi connectivity index (χ3n) is 1.95. The predicted octanol–water partition coefficient (Wildman–Crippen LogP) is 2.05. The molecule has 0 bridgehead atoms. The van der Waals surface area contributed by atoms with E-state index in [2.05, 4.69) is 30.4 Å². The number of aryl methyl sites for hydroxylation is 1. The molecule has 1 aromatic heterocycles.